The van der Waals surface area contributed by atoms with Gasteiger partial charge in [0.2, 0.25) is 0 Å². The molecule has 12 rings (SSSR count). The van der Waals surface area contributed by atoms with Crippen LogP contribution in [0.4, 0.5) is 0 Å². The van der Waals surface area contributed by atoms with E-state index in [0.717, 1.165) is 66.5 Å². The van der Waals surface area contributed by atoms with Crippen molar-refractivity contribution in [3.63, 3.8) is 0 Å². The third-order valence-electron chi connectivity index (χ3n) is 11.6. The standard InChI is InChI=1S/C55H34N4O/c1-4-14-35(15-5-1)41-29-30-47-46(32-41)51-43-21-11-10-16-36(43)28-31-48(51)59(47)42-33-45(52-44-22-12-13-23-49(44)60-50(52)34-42)37-24-26-40(27-25-37)55-57-53(38-17-6-2-7-18-38)56-54(58-55)39-19-8-3-9-20-39/h1-34H. The van der Waals surface area contributed by atoms with Crippen LogP contribution in [0.2, 0.25) is 0 Å². The summed E-state index contributed by atoms with van der Waals surface area (Å²) in [7, 11) is 0. The molecule has 9 aromatic carbocycles. The molecule has 0 atom stereocenters. The quantitative estimate of drug-likeness (QED) is 0.169. The third kappa shape index (κ3) is 5.59. The highest BCUT2D eigenvalue weighted by Gasteiger charge is 2.21. The summed E-state index contributed by atoms with van der Waals surface area (Å²) in [6.45, 7) is 0. The largest absolute Gasteiger partial charge is 0.456 e. The minimum Gasteiger partial charge on any atom is -0.456 e. The van der Waals surface area contributed by atoms with E-state index in [1.165, 1.54) is 32.7 Å². The van der Waals surface area contributed by atoms with Crippen LogP contribution in [-0.2, 0) is 0 Å². The number of hydrogen-bond donors (Lipinski definition) is 0. The number of hydrogen-bond acceptors (Lipinski definition) is 4. The highest BCUT2D eigenvalue weighted by molar-refractivity contribution is 6.22. The third-order valence-corrected chi connectivity index (χ3v) is 11.6. The molecular formula is C55H34N4O. The molecule has 60 heavy (non-hydrogen) atoms. The van der Waals surface area contributed by atoms with Gasteiger partial charge < -0.3 is 8.98 Å². The van der Waals surface area contributed by atoms with Crippen molar-refractivity contribution in [2.75, 3.05) is 0 Å². The summed E-state index contributed by atoms with van der Waals surface area (Å²) in [5.74, 6) is 1.89. The van der Waals surface area contributed by atoms with Gasteiger partial charge in [-0.2, -0.15) is 0 Å². The molecule has 0 aliphatic heterocycles. The van der Waals surface area contributed by atoms with Gasteiger partial charge in [-0.1, -0.05) is 170 Å². The Balaban J connectivity index is 1.06. The van der Waals surface area contributed by atoms with Crippen LogP contribution in [-0.4, -0.2) is 19.5 Å². The van der Waals surface area contributed by atoms with Gasteiger partial charge in [-0.15, -0.1) is 0 Å². The van der Waals surface area contributed by atoms with Gasteiger partial charge >= 0.3 is 0 Å². The van der Waals surface area contributed by atoms with Crippen molar-refractivity contribution in [3.8, 4) is 62.1 Å². The fraction of sp³-hybridized carbons (Fsp3) is 0. The number of nitrogens with zero attached hydrogens (tertiary/aromatic N) is 4. The van der Waals surface area contributed by atoms with Crippen molar-refractivity contribution in [3.05, 3.63) is 206 Å². The van der Waals surface area contributed by atoms with E-state index in [9.17, 15) is 0 Å². The van der Waals surface area contributed by atoms with E-state index in [1.54, 1.807) is 0 Å². The van der Waals surface area contributed by atoms with E-state index in [1.807, 2.05) is 66.7 Å². The molecule has 3 aromatic heterocycles. The fourth-order valence-electron chi connectivity index (χ4n) is 8.81. The van der Waals surface area contributed by atoms with Crippen LogP contribution in [0.3, 0.4) is 0 Å². The normalized spacial score (nSPS) is 11.7. The maximum absolute atomic E-state index is 6.69. The number of fused-ring (bicyclic) bond motifs is 8. The lowest BCUT2D eigenvalue weighted by molar-refractivity contribution is 0.668. The van der Waals surface area contributed by atoms with E-state index >= 15 is 0 Å². The van der Waals surface area contributed by atoms with Gasteiger partial charge in [0.15, 0.2) is 17.5 Å². The molecule has 0 aliphatic rings. The van der Waals surface area contributed by atoms with Crippen LogP contribution in [0.1, 0.15) is 0 Å². The van der Waals surface area contributed by atoms with Crippen molar-refractivity contribution >= 4 is 54.5 Å². The second kappa shape index (κ2) is 13.8. The van der Waals surface area contributed by atoms with Crippen LogP contribution < -0.4 is 0 Å². The molecule has 0 N–H and O–H groups in total. The van der Waals surface area contributed by atoms with Crippen molar-refractivity contribution in [2.24, 2.45) is 0 Å². The van der Waals surface area contributed by atoms with Crippen LogP contribution in [0.25, 0.3) is 117 Å². The molecule has 0 saturated carbocycles. The smallest absolute Gasteiger partial charge is 0.164 e. The second-order valence-corrected chi connectivity index (χ2v) is 15.2. The van der Waals surface area contributed by atoms with Crippen LogP contribution in [0.5, 0.6) is 0 Å². The predicted octanol–water partition coefficient (Wildman–Crippen LogP) is 14.4. The first-order chi connectivity index (χ1) is 29.7. The number of rotatable bonds is 6. The van der Waals surface area contributed by atoms with Crippen LogP contribution in [0, 0.1) is 0 Å². The Morgan fingerprint density at radius 1 is 0.333 bits per heavy atom. The zero-order valence-corrected chi connectivity index (χ0v) is 32.3. The summed E-state index contributed by atoms with van der Waals surface area (Å²) in [5, 5.41) is 7.05. The molecule has 12 aromatic rings. The summed E-state index contributed by atoms with van der Waals surface area (Å²) in [5.41, 5.74) is 12.3. The first kappa shape index (κ1) is 33.9. The van der Waals surface area contributed by atoms with Crippen molar-refractivity contribution in [2.45, 2.75) is 0 Å². The number of benzene rings is 9. The van der Waals surface area contributed by atoms with E-state index < -0.39 is 0 Å². The Labute approximate surface area is 345 Å². The molecule has 0 bridgehead atoms. The summed E-state index contributed by atoms with van der Waals surface area (Å²) in [6.07, 6.45) is 0. The van der Waals surface area contributed by atoms with Gasteiger partial charge in [0, 0.05) is 44.3 Å². The van der Waals surface area contributed by atoms with E-state index in [-0.39, 0.29) is 0 Å². The number of furan rings is 1. The molecule has 0 unspecified atom stereocenters. The van der Waals surface area contributed by atoms with Gasteiger partial charge in [0.25, 0.3) is 0 Å². The molecular weight excluding hydrogens is 733 g/mol. The lowest BCUT2D eigenvalue weighted by atomic mass is 9.97. The molecule has 5 nitrogen and oxygen atoms in total. The Hall–Kier alpha value is -8.15. The lowest BCUT2D eigenvalue weighted by Crippen LogP contribution is -2.00. The van der Waals surface area contributed by atoms with E-state index in [2.05, 4.69) is 144 Å². The van der Waals surface area contributed by atoms with Gasteiger partial charge in [-0.25, -0.2) is 15.0 Å². The Bertz CT molecular complexity index is 3520. The lowest BCUT2D eigenvalue weighted by Gasteiger charge is -2.13. The highest BCUT2D eigenvalue weighted by Crippen LogP contribution is 2.43. The zero-order valence-electron chi connectivity index (χ0n) is 32.3. The molecule has 280 valence electrons. The zero-order chi connectivity index (χ0) is 39.6. The maximum atomic E-state index is 6.69. The Kier molecular flexibility index (Phi) is 7.78. The molecule has 0 aliphatic carbocycles. The van der Waals surface area contributed by atoms with Gasteiger partial charge in [0.1, 0.15) is 11.2 Å². The molecule has 3 heterocycles. The average Bonchev–Trinajstić information content (AvgIpc) is 3.88. The fourth-order valence-corrected chi connectivity index (χ4v) is 8.81. The molecule has 0 spiro atoms. The van der Waals surface area contributed by atoms with E-state index in [4.69, 9.17) is 19.4 Å². The highest BCUT2D eigenvalue weighted by atomic mass is 16.3. The first-order valence-corrected chi connectivity index (χ1v) is 20.2. The summed E-state index contributed by atoms with van der Waals surface area (Å²) >= 11 is 0. The molecule has 0 saturated heterocycles. The maximum Gasteiger partial charge on any atom is 0.164 e. The van der Waals surface area contributed by atoms with Crippen LogP contribution in [0.15, 0.2) is 211 Å². The minimum absolute atomic E-state index is 0.620. The monoisotopic (exact) mass is 766 g/mol. The second-order valence-electron chi connectivity index (χ2n) is 15.2. The van der Waals surface area contributed by atoms with Crippen molar-refractivity contribution in [1.29, 1.82) is 0 Å². The average molecular weight is 767 g/mol. The minimum atomic E-state index is 0.620. The van der Waals surface area contributed by atoms with Gasteiger partial charge in [-0.05, 0) is 63.4 Å². The van der Waals surface area contributed by atoms with Crippen molar-refractivity contribution in [1.82, 2.24) is 19.5 Å². The summed E-state index contributed by atoms with van der Waals surface area (Å²) in [6, 6.07) is 72.3. The summed E-state index contributed by atoms with van der Waals surface area (Å²) < 4.78 is 9.09. The van der Waals surface area contributed by atoms with Gasteiger partial charge in [0.05, 0.1) is 16.7 Å². The number of para-hydroxylation sites is 1. The molecule has 0 radical (unpaired) electrons. The predicted molar refractivity (Wildman–Crippen MR) is 246 cm³/mol. The van der Waals surface area contributed by atoms with Crippen molar-refractivity contribution < 1.29 is 4.42 Å². The molecule has 0 fully saturated rings. The first-order valence-electron chi connectivity index (χ1n) is 20.2. The summed E-state index contributed by atoms with van der Waals surface area (Å²) in [4.78, 5) is 14.9. The Morgan fingerprint density at radius 2 is 0.867 bits per heavy atom. The topological polar surface area (TPSA) is 56.7 Å². The Morgan fingerprint density at radius 3 is 1.55 bits per heavy atom. The molecule has 0 amide bonds. The van der Waals surface area contributed by atoms with Gasteiger partial charge in [-0.3, -0.25) is 0 Å². The number of aromatic nitrogens is 4. The molecule has 5 heteroatoms. The SMILES string of the molecule is c1ccc(-c2ccc3c(c2)c2c4ccccc4ccc2n3-c2cc(-c3ccc(-c4nc(-c5ccccc5)nc(-c5ccccc5)n4)cc3)c3c(c2)oc2ccccc23)cc1. The van der Waals surface area contributed by atoms with Crippen LogP contribution >= 0.6 is 0 Å². The van der Waals surface area contributed by atoms with E-state index in [0.29, 0.717) is 17.5 Å².